The topological polar surface area (TPSA) is 102 Å². The van der Waals surface area contributed by atoms with Gasteiger partial charge in [-0.2, -0.15) is 5.10 Å². The highest BCUT2D eigenvalue weighted by atomic mass is 32.1. The van der Waals surface area contributed by atoms with Gasteiger partial charge in [-0.1, -0.05) is 59.9 Å². The molecular formula is C21H15N5O3S. The zero-order valence-corrected chi connectivity index (χ0v) is 16.3. The minimum Gasteiger partial charge on any atom is -0.286 e. The predicted molar refractivity (Wildman–Crippen MR) is 114 cm³/mol. The second-order valence-corrected chi connectivity index (χ2v) is 7.12. The zero-order chi connectivity index (χ0) is 20.9. The molecule has 1 aromatic heterocycles. The van der Waals surface area contributed by atoms with Gasteiger partial charge in [0.15, 0.2) is 5.01 Å². The van der Waals surface area contributed by atoms with Crippen molar-refractivity contribution in [2.45, 2.75) is 0 Å². The van der Waals surface area contributed by atoms with E-state index in [1.807, 2.05) is 60.7 Å². The smallest absolute Gasteiger partial charge is 0.270 e. The van der Waals surface area contributed by atoms with Crippen molar-refractivity contribution >= 4 is 28.5 Å². The molecule has 3 aromatic carbocycles. The van der Waals surface area contributed by atoms with Crippen molar-refractivity contribution < 1.29 is 9.72 Å². The summed E-state index contributed by atoms with van der Waals surface area (Å²) in [5.74, 6) is -0.408. The third-order valence-corrected chi connectivity index (χ3v) is 5.04. The fraction of sp³-hybridized carbons (Fsp3) is 0. The van der Waals surface area contributed by atoms with Crippen LogP contribution in [0.15, 0.2) is 90.0 Å². The summed E-state index contributed by atoms with van der Waals surface area (Å²) < 4.78 is 1.56. The summed E-state index contributed by atoms with van der Waals surface area (Å²) in [5, 5.41) is 20.0. The summed E-state index contributed by atoms with van der Waals surface area (Å²) in [4.78, 5) is 23.9. The van der Waals surface area contributed by atoms with E-state index in [1.165, 1.54) is 24.3 Å². The number of non-ortho nitro benzene ring substituents is 1. The number of hydrogen-bond acceptors (Lipinski definition) is 7. The molecule has 0 atom stereocenters. The van der Waals surface area contributed by atoms with Gasteiger partial charge in [-0.3, -0.25) is 20.3 Å². The molecule has 4 aromatic rings. The number of para-hydroxylation sites is 2. The first-order valence-corrected chi connectivity index (χ1v) is 9.73. The average Bonchev–Trinajstić information content (AvgIpc) is 3.23. The van der Waals surface area contributed by atoms with Gasteiger partial charge < -0.3 is 0 Å². The standard InChI is InChI=1S/C21H15N5O3S/c27-19(15-8-7-13-18(14-15)26(28)29)20-24-25(17-11-5-2-6-12-17)21(30-20)23-22-16-9-3-1-4-10-16/h1-14,22H/b23-21-. The Morgan fingerprint density at radius 1 is 1.00 bits per heavy atom. The lowest BCUT2D eigenvalue weighted by atomic mass is 10.1. The van der Waals surface area contributed by atoms with E-state index < -0.39 is 10.7 Å². The Kier molecular flexibility index (Phi) is 5.44. The maximum atomic E-state index is 12.9. The third-order valence-electron chi connectivity index (χ3n) is 4.13. The highest BCUT2D eigenvalue weighted by Crippen LogP contribution is 2.17. The molecule has 0 saturated heterocycles. The normalized spacial score (nSPS) is 11.3. The second kappa shape index (κ2) is 8.50. The van der Waals surface area contributed by atoms with E-state index >= 15 is 0 Å². The maximum Gasteiger partial charge on any atom is 0.270 e. The van der Waals surface area contributed by atoms with Crippen molar-refractivity contribution in [3.63, 3.8) is 0 Å². The van der Waals surface area contributed by atoms with E-state index in [0.717, 1.165) is 22.7 Å². The second-order valence-electron chi connectivity index (χ2n) is 6.16. The quantitative estimate of drug-likeness (QED) is 0.290. The van der Waals surface area contributed by atoms with Crippen LogP contribution in [0.3, 0.4) is 0 Å². The lowest BCUT2D eigenvalue weighted by Gasteiger charge is -2.01. The van der Waals surface area contributed by atoms with E-state index in [4.69, 9.17) is 0 Å². The number of benzene rings is 3. The fourth-order valence-corrected chi connectivity index (χ4v) is 3.52. The molecule has 1 N–H and O–H groups in total. The van der Waals surface area contributed by atoms with Crippen molar-refractivity contribution in [2.24, 2.45) is 5.10 Å². The number of hydrogen-bond donors (Lipinski definition) is 1. The molecule has 1 heterocycles. The van der Waals surface area contributed by atoms with Gasteiger partial charge in [0, 0.05) is 17.7 Å². The highest BCUT2D eigenvalue weighted by Gasteiger charge is 2.18. The molecule has 0 aliphatic carbocycles. The van der Waals surface area contributed by atoms with E-state index in [9.17, 15) is 14.9 Å². The van der Waals surface area contributed by atoms with Crippen LogP contribution >= 0.6 is 11.3 Å². The van der Waals surface area contributed by atoms with Crippen molar-refractivity contribution in [1.29, 1.82) is 0 Å². The number of carbonyl (C=O) groups is 1. The number of ketones is 1. The summed E-state index contributed by atoms with van der Waals surface area (Å²) in [6, 6.07) is 24.3. The Morgan fingerprint density at radius 2 is 1.70 bits per heavy atom. The van der Waals surface area contributed by atoms with Gasteiger partial charge in [0.25, 0.3) is 5.69 Å². The fourth-order valence-electron chi connectivity index (χ4n) is 2.69. The van der Waals surface area contributed by atoms with E-state index in [0.29, 0.717) is 4.80 Å². The third kappa shape index (κ3) is 4.15. The number of nitrogens with one attached hydrogen (secondary N) is 1. The van der Waals surface area contributed by atoms with Crippen molar-refractivity contribution in [3.05, 3.63) is 110 Å². The van der Waals surface area contributed by atoms with Crippen molar-refractivity contribution in [3.8, 4) is 5.69 Å². The summed E-state index contributed by atoms with van der Waals surface area (Å²) in [5.41, 5.74) is 4.53. The number of aromatic nitrogens is 2. The van der Waals surface area contributed by atoms with Crippen molar-refractivity contribution in [1.82, 2.24) is 9.78 Å². The minimum absolute atomic E-state index is 0.149. The number of carbonyl (C=O) groups excluding carboxylic acids is 1. The molecule has 0 bridgehead atoms. The maximum absolute atomic E-state index is 12.9. The summed E-state index contributed by atoms with van der Waals surface area (Å²) >= 11 is 1.09. The first-order valence-electron chi connectivity index (χ1n) is 8.91. The van der Waals surface area contributed by atoms with Gasteiger partial charge >= 0.3 is 0 Å². The van der Waals surface area contributed by atoms with Crippen LogP contribution in [-0.4, -0.2) is 20.5 Å². The van der Waals surface area contributed by atoms with E-state index in [2.05, 4.69) is 15.6 Å². The van der Waals surface area contributed by atoms with E-state index in [-0.39, 0.29) is 16.3 Å². The van der Waals surface area contributed by atoms with Gasteiger partial charge in [-0.05, 0) is 24.3 Å². The predicted octanol–water partition coefficient (Wildman–Crippen LogP) is 4.00. The van der Waals surface area contributed by atoms with Crippen LogP contribution in [0, 0.1) is 10.1 Å². The average molecular weight is 417 g/mol. The van der Waals surface area contributed by atoms with Gasteiger partial charge in [0.05, 0.1) is 16.3 Å². The molecular weight excluding hydrogens is 402 g/mol. The van der Waals surface area contributed by atoms with Gasteiger partial charge in [0.2, 0.25) is 10.6 Å². The number of anilines is 1. The first-order chi connectivity index (χ1) is 14.6. The lowest BCUT2D eigenvalue weighted by molar-refractivity contribution is -0.384. The van der Waals surface area contributed by atoms with Crippen LogP contribution in [0.4, 0.5) is 11.4 Å². The molecule has 0 amide bonds. The molecule has 0 aliphatic heterocycles. The lowest BCUT2D eigenvalue weighted by Crippen LogP contribution is -2.16. The summed E-state index contributed by atoms with van der Waals surface area (Å²) in [6.45, 7) is 0. The minimum atomic E-state index is -0.534. The molecule has 0 unspecified atom stereocenters. The summed E-state index contributed by atoms with van der Waals surface area (Å²) in [6.07, 6.45) is 0. The SMILES string of the molecule is O=C(c1cccc([N+](=O)[O-])c1)c1nn(-c2ccccc2)/c(=N/Nc2ccccc2)s1. The Hall–Kier alpha value is -4.11. The highest BCUT2D eigenvalue weighted by molar-refractivity contribution is 7.11. The molecule has 9 heteroatoms. The molecule has 148 valence electrons. The molecule has 0 aliphatic rings. The van der Waals surface area contributed by atoms with Gasteiger partial charge in [-0.15, -0.1) is 5.10 Å². The Balaban J connectivity index is 1.76. The summed E-state index contributed by atoms with van der Waals surface area (Å²) in [7, 11) is 0. The molecule has 0 spiro atoms. The zero-order valence-electron chi connectivity index (χ0n) is 15.5. The molecule has 30 heavy (non-hydrogen) atoms. The molecule has 8 nitrogen and oxygen atoms in total. The van der Waals surface area contributed by atoms with Gasteiger partial charge in [0.1, 0.15) is 0 Å². The van der Waals surface area contributed by atoms with Crippen LogP contribution in [0.2, 0.25) is 0 Å². The molecule has 0 fully saturated rings. The Labute approximate surface area is 174 Å². The molecule has 4 rings (SSSR count). The van der Waals surface area contributed by atoms with Crippen LogP contribution in [0.25, 0.3) is 5.69 Å². The first kappa shape index (κ1) is 19.2. The van der Waals surface area contributed by atoms with Crippen LogP contribution < -0.4 is 10.2 Å². The van der Waals surface area contributed by atoms with Crippen LogP contribution in [0.5, 0.6) is 0 Å². The Bertz CT molecular complexity index is 1270. The molecule has 0 radical (unpaired) electrons. The van der Waals surface area contributed by atoms with E-state index in [1.54, 1.807) is 4.68 Å². The number of nitrogens with zero attached hydrogens (tertiary/aromatic N) is 4. The largest absolute Gasteiger partial charge is 0.286 e. The van der Waals surface area contributed by atoms with Crippen LogP contribution in [0.1, 0.15) is 15.4 Å². The van der Waals surface area contributed by atoms with Crippen LogP contribution in [-0.2, 0) is 0 Å². The Morgan fingerprint density at radius 3 is 2.40 bits per heavy atom. The van der Waals surface area contributed by atoms with Gasteiger partial charge in [-0.25, -0.2) is 4.68 Å². The number of nitro groups is 1. The van der Waals surface area contributed by atoms with Crippen molar-refractivity contribution in [2.75, 3.05) is 5.43 Å². The molecule has 0 saturated carbocycles. The number of nitro benzene ring substituents is 1. The monoisotopic (exact) mass is 417 g/mol. The number of rotatable bonds is 6.